The van der Waals surface area contributed by atoms with E-state index in [4.69, 9.17) is 17.3 Å². The number of benzene rings is 3. The summed E-state index contributed by atoms with van der Waals surface area (Å²) in [5, 5.41) is 2.79. The van der Waals surface area contributed by atoms with Crippen LogP contribution in [0.4, 0.5) is 0 Å². The zero-order valence-electron chi connectivity index (χ0n) is 14.1. The molecule has 0 fully saturated rings. The first kappa shape index (κ1) is 17.8. The van der Waals surface area contributed by atoms with E-state index in [0.717, 1.165) is 19.9 Å². The molecule has 0 bridgehead atoms. The fraction of sp³-hybridized carbons (Fsp3) is 0.190. The van der Waals surface area contributed by atoms with E-state index >= 15 is 0 Å². The second kappa shape index (κ2) is 7.18. The predicted octanol–water partition coefficient (Wildman–Crippen LogP) is 4.51. The quantitative estimate of drug-likeness (QED) is 0.566. The van der Waals surface area contributed by atoms with Gasteiger partial charge in [-0.3, -0.25) is 4.79 Å². The standard InChI is InChI=1S/C21H18ClIN2O/c22-20-16-8-4-3-5-13(16)9-18(23)17(20)10-19(24)21(26)25-11-14-6-1-2-7-15(14)12-25/h1-9,19H,10-12,24H2. The molecular weight excluding hydrogens is 459 g/mol. The molecule has 0 saturated heterocycles. The van der Waals surface area contributed by atoms with E-state index in [1.807, 2.05) is 41.3 Å². The van der Waals surface area contributed by atoms with Crippen molar-refractivity contribution in [3.63, 3.8) is 0 Å². The third-order valence-corrected chi connectivity index (χ3v) is 6.32. The third kappa shape index (κ3) is 3.21. The van der Waals surface area contributed by atoms with Crippen LogP contribution in [-0.2, 0) is 24.3 Å². The highest BCUT2D eigenvalue weighted by Gasteiger charge is 2.28. The lowest BCUT2D eigenvalue weighted by Crippen LogP contribution is -2.42. The Balaban J connectivity index is 1.56. The summed E-state index contributed by atoms with van der Waals surface area (Å²) in [5.41, 5.74) is 9.64. The van der Waals surface area contributed by atoms with Crippen LogP contribution in [0.25, 0.3) is 10.8 Å². The number of nitrogens with zero attached hydrogens (tertiary/aromatic N) is 1. The van der Waals surface area contributed by atoms with E-state index in [1.54, 1.807) is 0 Å². The largest absolute Gasteiger partial charge is 0.333 e. The molecule has 1 aliphatic rings. The molecule has 1 unspecified atom stereocenters. The summed E-state index contributed by atoms with van der Waals surface area (Å²) in [6.07, 6.45) is 0.438. The second-order valence-corrected chi connectivity index (χ2v) is 8.19. The van der Waals surface area contributed by atoms with Gasteiger partial charge in [0.25, 0.3) is 0 Å². The highest BCUT2D eigenvalue weighted by atomic mass is 127. The summed E-state index contributed by atoms with van der Waals surface area (Å²) < 4.78 is 1.04. The molecule has 0 aromatic heterocycles. The number of hydrogen-bond acceptors (Lipinski definition) is 2. The molecule has 0 spiro atoms. The fourth-order valence-electron chi connectivity index (χ4n) is 3.53. The van der Waals surface area contributed by atoms with Crippen molar-refractivity contribution in [2.45, 2.75) is 25.6 Å². The average Bonchev–Trinajstić information content (AvgIpc) is 3.08. The van der Waals surface area contributed by atoms with Gasteiger partial charge in [0.05, 0.1) is 11.1 Å². The Morgan fingerprint density at radius 1 is 1.12 bits per heavy atom. The molecule has 3 nitrogen and oxygen atoms in total. The minimum Gasteiger partial charge on any atom is -0.333 e. The summed E-state index contributed by atoms with van der Waals surface area (Å²) >= 11 is 8.92. The van der Waals surface area contributed by atoms with Crippen LogP contribution in [0.15, 0.2) is 54.6 Å². The molecule has 1 heterocycles. The topological polar surface area (TPSA) is 46.3 Å². The maximum atomic E-state index is 12.9. The first-order valence-corrected chi connectivity index (χ1v) is 9.97. The number of halogens is 2. The van der Waals surface area contributed by atoms with Crippen LogP contribution in [-0.4, -0.2) is 16.8 Å². The molecule has 0 saturated carbocycles. The van der Waals surface area contributed by atoms with E-state index in [9.17, 15) is 4.79 Å². The van der Waals surface area contributed by atoms with Gasteiger partial charge in [0.1, 0.15) is 0 Å². The van der Waals surface area contributed by atoms with Crippen LogP contribution in [0.1, 0.15) is 16.7 Å². The number of carbonyl (C=O) groups is 1. The van der Waals surface area contributed by atoms with Crippen molar-refractivity contribution < 1.29 is 4.79 Å². The van der Waals surface area contributed by atoms with Crippen LogP contribution in [0.2, 0.25) is 5.02 Å². The molecule has 2 N–H and O–H groups in total. The highest BCUT2D eigenvalue weighted by Crippen LogP contribution is 2.32. The molecule has 26 heavy (non-hydrogen) atoms. The van der Waals surface area contributed by atoms with Crippen LogP contribution in [0.3, 0.4) is 0 Å². The highest BCUT2D eigenvalue weighted by molar-refractivity contribution is 14.1. The van der Waals surface area contributed by atoms with Crippen LogP contribution in [0, 0.1) is 3.57 Å². The molecule has 132 valence electrons. The number of carbonyl (C=O) groups excluding carboxylic acids is 1. The molecule has 3 aromatic rings. The smallest absolute Gasteiger partial charge is 0.240 e. The van der Waals surface area contributed by atoms with Crippen LogP contribution < -0.4 is 5.73 Å². The molecule has 3 aromatic carbocycles. The lowest BCUT2D eigenvalue weighted by atomic mass is 10.0. The monoisotopic (exact) mass is 476 g/mol. The maximum absolute atomic E-state index is 12.9. The van der Waals surface area contributed by atoms with Crippen molar-refractivity contribution in [2.75, 3.05) is 0 Å². The van der Waals surface area contributed by atoms with Gasteiger partial charge in [-0.25, -0.2) is 0 Å². The number of fused-ring (bicyclic) bond motifs is 2. The van der Waals surface area contributed by atoms with E-state index in [0.29, 0.717) is 24.5 Å². The van der Waals surface area contributed by atoms with Gasteiger partial charge in [0.2, 0.25) is 5.91 Å². The summed E-state index contributed by atoms with van der Waals surface area (Å²) in [5.74, 6) is -0.0266. The predicted molar refractivity (Wildman–Crippen MR) is 114 cm³/mol. The molecule has 4 rings (SSSR count). The zero-order chi connectivity index (χ0) is 18.3. The Morgan fingerprint density at radius 3 is 2.42 bits per heavy atom. The first-order chi connectivity index (χ1) is 12.5. The third-order valence-electron chi connectivity index (χ3n) is 4.93. The minimum atomic E-state index is -0.600. The van der Waals surface area contributed by atoms with Gasteiger partial charge in [0.15, 0.2) is 0 Å². The van der Waals surface area contributed by atoms with Crippen molar-refractivity contribution in [3.05, 3.63) is 79.9 Å². The summed E-state index contributed by atoms with van der Waals surface area (Å²) in [6.45, 7) is 1.26. The van der Waals surface area contributed by atoms with Crippen LogP contribution >= 0.6 is 34.2 Å². The second-order valence-electron chi connectivity index (χ2n) is 6.65. The molecule has 1 amide bonds. The van der Waals surface area contributed by atoms with Crippen molar-refractivity contribution in [1.29, 1.82) is 0 Å². The van der Waals surface area contributed by atoms with Crippen molar-refractivity contribution >= 4 is 50.9 Å². The van der Waals surface area contributed by atoms with Gasteiger partial charge >= 0.3 is 0 Å². The summed E-state index contributed by atoms with van der Waals surface area (Å²) in [7, 11) is 0. The summed E-state index contributed by atoms with van der Waals surface area (Å²) in [6, 6.07) is 17.6. The fourth-order valence-corrected chi connectivity index (χ4v) is 4.87. The molecule has 0 radical (unpaired) electrons. The number of rotatable bonds is 3. The van der Waals surface area contributed by atoms with E-state index in [2.05, 4.69) is 40.8 Å². The molecule has 5 heteroatoms. The van der Waals surface area contributed by atoms with Gasteiger partial charge in [0, 0.05) is 22.0 Å². The summed E-state index contributed by atoms with van der Waals surface area (Å²) in [4.78, 5) is 14.7. The molecule has 0 aliphatic carbocycles. The van der Waals surface area contributed by atoms with Crippen LogP contribution in [0.5, 0.6) is 0 Å². The normalized spacial score (nSPS) is 14.5. The SMILES string of the molecule is NC(Cc1c(I)cc2ccccc2c1Cl)C(=O)N1Cc2ccccc2C1. The molecule has 1 atom stereocenters. The van der Waals surface area contributed by atoms with Crippen molar-refractivity contribution in [1.82, 2.24) is 4.90 Å². The van der Waals surface area contributed by atoms with Gasteiger partial charge in [-0.2, -0.15) is 0 Å². The average molecular weight is 477 g/mol. The van der Waals surface area contributed by atoms with Gasteiger partial charge in [-0.05, 0) is 57.2 Å². The Kier molecular flexibility index (Phi) is 4.90. The van der Waals surface area contributed by atoms with E-state index in [1.165, 1.54) is 11.1 Å². The Labute approximate surface area is 171 Å². The first-order valence-electron chi connectivity index (χ1n) is 8.51. The maximum Gasteiger partial charge on any atom is 0.240 e. The Bertz CT molecular complexity index is 979. The van der Waals surface area contributed by atoms with Gasteiger partial charge in [-0.15, -0.1) is 0 Å². The van der Waals surface area contributed by atoms with Gasteiger partial charge in [-0.1, -0.05) is 60.1 Å². The number of nitrogens with two attached hydrogens (primary N) is 1. The Hall–Kier alpha value is -1.63. The van der Waals surface area contributed by atoms with Crippen molar-refractivity contribution in [2.24, 2.45) is 5.73 Å². The van der Waals surface area contributed by atoms with E-state index in [-0.39, 0.29) is 5.91 Å². The zero-order valence-corrected chi connectivity index (χ0v) is 17.0. The minimum absolute atomic E-state index is 0.0266. The molecule has 1 aliphatic heterocycles. The Morgan fingerprint density at radius 2 is 1.73 bits per heavy atom. The van der Waals surface area contributed by atoms with E-state index < -0.39 is 6.04 Å². The van der Waals surface area contributed by atoms with Gasteiger partial charge < -0.3 is 10.6 Å². The molecular formula is C21H18ClIN2O. The lowest BCUT2D eigenvalue weighted by molar-refractivity contribution is -0.133. The van der Waals surface area contributed by atoms with Crippen molar-refractivity contribution in [3.8, 4) is 0 Å². The number of amides is 1. The lowest BCUT2D eigenvalue weighted by Gasteiger charge is -2.21. The number of hydrogen-bond donors (Lipinski definition) is 1.